The predicted octanol–water partition coefficient (Wildman–Crippen LogP) is 5.81. The first kappa shape index (κ1) is 28.4. The van der Waals surface area contributed by atoms with Gasteiger partial charge in [-0.25, -0.2) is 4.79 Å². The summed E-state index contributed by atoms with van der Waals surface area (Å²) in [6, 6.07) is 30.2. The number of benzene rings is 4. The summed E-state index contributed by atoms with van der Waals surface area (Å²) in [4.78, 5) is 31.7. The molecule has 7 heteroatoms. The zero-order valence-electron chi connectivity index (χ0n) is 21.2. The fourth-order valence-corrected chi connectivity index (χ4v) is 3.42. The molecular formula is C32H27NO6. The largest absolute Gasteiger partial charge is 0.493 e. The van der Waals surface area contributed by atoms with Gasteiger partial charge in [-0.2, -0.15) is 5.26 Å². The van der Waals surface area contributed by atoms with E-state index in [9.17, 15) is 14.4 Å². The molecule has 0 aliphatic rings. The first-order chi connectivity index (χ1) is 19.0. The minimum absolute atomic E-state index is 0.277. The van der Waals surface area contributed by atoms with Crippen molar-refractivity contribution >= 4 is 18.5 Å². The highest BCUT2D eigenvalue weighted by molar-refractivity contribution is 5.87. The Morgan fingerprint density at radius 3 is 1.44 bits per heavy atom. The third-order valence-electron chi connectivity index (χ3n) is 5.64. The molecule has 4 rings (SSSR count). The third kappa shape index (κ3) is 9.63. The number of hydrogen-bond donors (Lipinski definition) is 1. The molecule has 0 aliphatic heterocycles. The lowest BCUT2D eigenvalue weighted by Crippen LogP contribution is -2.02. The number of ether oxygens (including phenoxy) is 2. The molecule has 7 nitrogen and oxygen atoms in total. The van der Waals surface area contributed by atoms with Gasteiger partial charge in [0.15, 0.2) is 0 Å². The molecule has 4 aromatic carbocycles. The molecule has 0 saturated heterocycles. The second kappa shape index (κ2) is 15.1. The monoisotopic (exact) mass is 521 g/mol. The fourth-order valence-electron chi connectivity index (χ4n) is 3.42. The van der Waals surface area contributed by atoms with E-state index in [1.54, 1.807) is 84.9 Å². The smallest absolute Gasteiger partial charge is 0.335 e. The van der Waals surface area contributed by atoms with Crippen LogP contribution in [-0.4, -0.2) is 36.9 Å². The summed E-state index contributed by atoms with van der Waals surface area (Å²) in [5, 5.41) is 17.5. The maximum atomic E-state index is 10.7. The summed E-state index contributed by atoms with van der Waals surface area (Å²) >= 11 is 0. The number of carbonyl (C=O) groups excluding carboxylic acids is 2. The molecule has 0 amide bonds. The lowest BCUT2D eigenvalue weighted by molar-refractivity contribution is 0.0696. The molecule has 0 unspecified atom stereocenters. The van der Waals surface area contributed by atoms with Crippen LogP contribution >= 0.6 is 0 Å². The van der Waals surface area contributed by atoms with Crippen LogP contribution in [0.15, 0.2) is 97.1 Å². The Hall–Kier alpha value is -5.22. The van der Waals surface area contributed by atoms with Gasteiger partial charge in [-0.3, -0.25) is 9.59 Å². The molecule has 0 aromatic heterocycles. The summed E-state index contributed by atoms with van der Waals surface area (Å²) < 4.78 is 11.1. The van der Waals surface area contributed by atoms with Gasteiger partial charge in [-0.05, 0) is 83.9 Å². The molecule has 4 aromatic rings. The van der Waals surface area contributed by atoms with Crippen molar-refractivity contribution in [2.75, 3.05) is 13.2 Å². The number of carboxylic acids is 1. The fraction of sp³-hybridized carbons (Fsp3) is 0.125. The van der Waals surface area contributed by atoms with Crippen molar-refractivity contribution in [3.63, 3.8) is 0 Å². The van der Waals surface area contributed by atoms with Gasteiger partial charge < -0.3 is 14.6 Å². The van der Waals surface area contributed by atoms with Crippen molar-refractivity contribution in [1.29, 1.82) is 5.26 Å². The highest BCUT2D eigenvalue weighted by Gasteiger charge is 2.02. The molecule has 0 bridgehead atoms. The molecule has 0 atom stereocenters. The molecule has 0 aliphatic carbocycles. The molecule has 0 fully saturated rings. The van der Waals surface area contributed by atoms with Crippen LogP contribution in [0.1, 0.15) is 47.8 Å². The van der Waals surface area contributed by atoms with Gasteiger partial charge in [-0.1, -0.05) is 24.3 Å². The maximum Gasteiger partial charge on any atom is 0.335 e. The normalized spacial score (nSPS) is 9.82. The molecule has 0 radical (unpaired) electrons. The van der Waals surface area contributed by atoms with Gasteiger partial charge in [0.1, 0.15) is 24.1 Å². The average Bonchev–Trinajstić information content (AvgIpc) is 2.99. The van der Waals surface area contributed by atoms with Gasteiger partial charge in [0, 0.05) is 24.0 Å². The van der Waals surface area contributed by atoms with Crippen LogP contribution in [0, 0.1) is 11.3 Å². The number of carboxylic acid groups (broad SMARTS) is 1. The number of hydrogen-bond acceptors (Lipinski definition) is 6. The van der Waals surface area contributed by atoms with Crippen LogP contribution < -0.4 is 9.47 Å². The van der Waals surface area contributed by atoms with Gasteiger partial charge in [0.05, 0.1) is 30.4 Å². The Morgan fingerprint density at radius 2 is 1.08 bits per heavy atom. The molecule has 0 spiro atoms. The van der Waals surface area contributed by atoms with Crippen LogP contribution in [0.25, 0.3) is 0 Å². The number of aldehydes is 2. The number of nitrogens with zero attached hydrogens (tertiary/aromatic N) is 1. The van der Waals surface area contributed by atoms with Crippen LogP contribution in [0.5, 0.6) is 11.5 Å². The number of carbonyl (C=O) groups is 3. The summed E-state index contributed by atoms with van der Waals surface area (Å²) in [7, 11) is 0. The summed E-state index contributed by atoms with van der Waals surface area (Å²) in [6.07, 6.45) is 3.06. The van der Waals surface area contributed by atoms with E-state index >= 15 is 0 Å². The molecular weight excluding hydrogens is 494 g/mol. The minimum Gasteiger partial charge on any atom is -0.493 e. The maximum absolute atomic E-state index is 10.7. The predicted molar refractivity (Wildman–Crippen MR) is 147 cm³/mol. The van der Waals surface area contributed by atoms with Crippen molar-refractivity contribution in [2.45, 2.75) is 12.8 Å². The van der Waals surface area contributed by atoms with Crippen molar-refractivity contribution in [1.82, 2.24) is 0 Å². The Labute approximate surface area is 226 Å². The number of nitriles is 1. The zero-order chi connectivity index (χ0) is 27.9. The number of rotatable bonds is 11. The van der Waals surface area contributed by atoms with Gasteiger partial charge in [-0.15, -0.1) is 0 Å². The van der Waals surface area contributed by atoms with E-state index in [1.807, 2.05) is 12.1 Å². The second-order valence-electron chi connectivity index (χ2n) is 8.38. The lowest BCUT2D eigenvalue weighted by atomic mass is 10.1. The third-order valence-corrected chi connectivity index (χ3v) is 5.64. The highest BCUT2D eigenvalue weighted by Crippen LogP contribution is 2.13. The van der Waals surface area contributed by atoms with Crippen molar-refractivity contribution < 1.29 is 29.0 Å². The highest BCUT2D eigenvalue weighted by atomic mass is 16.5. The summed E-state index contributed by atoms with van der Waals surface area (Å²) in [5.74, 6) is 0.528. The Kier molecular flexibility index (Phi) is 11.0. The van der Waals surface area contributed by atoms with Crippen LogP contribution in [0.3, 0.4) is 0 Å². The minimum atomic E-state index is -0.928. The molecule has 0 heterocycles. The molecule has 39 heavy (non-hydrogen) atoms. The van der Waals surface area contributed by atoms with Crippen molar-refractivity contribution in [2.24, 2.45) is 0 Å². The van der Waals surface area contributed by atoms with Crippen LogP contribution in [0.2, 0.25) is 0 Å². The Balaban J connectivity index is 0.000000216. The number of aromatic carboxylic acids is 1. The zero-order valence-corrected chi connectivity index (χ0v) is 21.2. The van der Waals surface area contributed by atoms with Crippen LogP contribution in [0.4, 0.5) is 0 Å². The first-order valence-corrected chi connectivity index (χ1v) is 12.2. The van der Waals surface area contributed by atoms with Crippen molar-refractivity contribution in [3.05, 3.63) is 130 Å². The Bertz CT molecular complexity index is 1390. The Morgan fingerprint density at radius 1 is 0.667 bits per heavy atom. The molecule has 0 saturated carbocycles. The van der Waals surface area contributed by atoms with E-state index in [2.05, 4.69) is 6.07 Å². The SMILES string of the molecule is N#Cc1ccc(CCOc2ccc(C=O)cc2)cc1.O=Cc1ccc(OCCc2ccc(C(=O)O)cc2)cc1. The first-order valence-electron chi connectivity index (χ1n) is 12.2. The van der Waals surface area contributed by atoms with E-state index in [1.165, 1.54) is 0 Å². The van der Waals surface area contributed by atoms with E-state index in [4.69, 9.17) is 19.8 Å². The van der Waals surface area contributed by atoms with Gasteiger partial charge in [0.2, 0.25) is 0 Å². The average molecular weight is 522 g/mol. The quantitative estimate of drug-likeness (QED) is 0.248. The van der Waals surface area contributed by atoms with E-state index in [0.29, 0.717) is 42.1 Å². The molecule has 1 N–H and O–H groups in total. The van der Waals surface area contributed by atoms with E-state index < -0.39 is 5.97 Å². The summed E-state index contributed by atoms with van der Waals surface area (Å²) in [5.41, 5.74) is 4.33. The topological polar surface area (TPSA) is 114 Å². The van der Waals surface area contributed by atoms with Crippen LogP contribution in [-0.2, 0) is 12.8 Å². The standard InChI is InChI=1S/C16H13NO2.C16H14O4/c17-11-14-3-1-13(2-4-14)9-10-19-16-7-5-15(12-18)6-8-16;17-11-13-3-7-15(8-4-13)20-10-9-12-1-5-14(6-2-12)16(18)19/h1-8,12H,9-10H2;1-8,11H,9-10H2,(H,18,19). The van der Waals surface area contributed by atoms with Gasteiger partial charge >= 0.3 is 5.97 Å². The van der Waals surface area contributed by atoms with Gasteiger partial charge in [0.25, 0.3) is 0 Å². The second-order valence-corrected chi connectivity index (χ2v) is 8.38. The van der Waals surface area contributed by atoms with E-state index in [-0.39, 0.29) is 5.56 Å². The molecule has 196 valence electrons. The summed E-state index contributed by atoms with van der Waals surface area (Å²) in [6.45, 7) is 1.05. The van der Waals surface area contributed by atoms with E-state index in [0.717, 1.165) is 35.9 Å². The van der Waals surface area contributed by atoms with Crippen molar-refractivity contribution in [3.8, 4) is 17.6 Å². The lowest BCUT2D eigenvalue weighted by Gasteiger charge is -2.06.